The number of aliphatic hydroxyl groups excluding tert-OH is 3. The number of aryl methyl sites for hydroxylation is 1. The first-order valence-electron chi connectivity index (χ1n) is 8.70. The summed E-state index contributed by atoms with van der Waals surface area (Å²) in [4.78, 5) is 25.2. The molecule has 2 aromatic heterocycles. The van der Waals surface area contributed by atoms with Crippen molar-refractivity contribution in [3.63, 3.8) is 0 Å². The Morgan fingerprint density at radius 3 is 2.68 bits per heavy atom. The van der Waals surface area contributed by atoms with Crippen LogP contribution in [0.5, 0.6) is 0 Å². The number of ether oxygens (including phenoxy) is 1. The minimum atomic E-state index is -1.43. The summed E-state index contributed by atoms with van der Waals surface area (Å²) < 4.78 is 12.6. The summed E-state index contributed by atoms with van der Waals surface area (Å²) in [5.74, 6) is 0. The van der Waals surface area contributed by atoms with E-state index in [4.69, 9.17) is 9.26 Å². The summed E-state index contributed by atoms with van der Waals surface area (Å²) in [6.07, 6.45) is -3.87. The highest BCUT2D eigenvalue weighted by Crippen LogP contribution is 2.28. The molecule has 0 amide bonds. The number of aromatic nitrogens is 3. The third-order valence-corrected chi connectivity index (χ3v) is 4.89. The van der Waals surface area contributed by atoms with E-state index in [-0.39, 0.29) is 6.54 Å². The average Bonchev–Trinajstić information content (AvgIpc) is 3.20. The van der Waals surface area contributed by atoms with Gasteiger partial charge < -0.3 is 24.6 Å². The molecule has 0 saturated carbocycles. The number of hydrogen-bond donors (Lipinski definition) is 3. The lowest BCUT2D eigenvalue weighted by Crippen LogP contribution is -2.43. The van der Waals surface area contributed by atoms with Crippen molar-refractivity contribution in [2.45, 2.75) is 38.0 Å². The molecule has 3 aromatic rings. The SMILES string of the molecule is Cc1ccc2onc(Cn3c(=O)ccn([C@@H]4O[C@H](CO)[C@H](O)[C@@H]4O)c3=O)c2c1. The number of benzene rings is 1. The highest BCUT2D eigenvalue weighted by molar-refractivity contribution is 5.80. The smallest absolute Gasteiger partial charge is 0.333 e. The minimum absolute atomic E-state index is 0.135. The molecule has 3 N–H and O–H groups in total. The van der Waals surface area contributed by atoms with Gasteiger partial charge in [0.25, 0.3) is 5.56 Å². The van der Waals surface area contributed by atoms with Gasteiger partial charge in [0, 0.05) is 17.6 Å². The summed E-state index contributed by atoms with van der Waals surface area (Å²) in [6.45, 7) is 1.25. The zero-order valence-corrected chi connectivity index (χ0v) is 14.9. The third kappa shape index (κ3) is 2.96. The van der Waals surface area contributed by atoms with Gasteiger partial charge in [0.2, 0.25) is 0 Å². The van der Waals surface area contributed by atoms with Gasteiger partial charge >= 0.3 is 5.69 Å². The summed E-state index contributed by atoms with van der Waals surface area (Å²) in [5.41, 5.74) is 0.620. The molecule has 10 nitrogen and oxygen atoms in total. The van der Waals surface area contributed by atoms with Crippen molar-refractivity contribution in [3.8, 4) is 0 Å². The Bertz CT molecular complexity index is 1130. The third-order valence-electron chi connectivity index (χ3n) is 4.89. The van der Waals surface area contributed by atoms with E-state index < -0.39 is 42.4 Å². The highest BCUT2D eigenvalue weighted by atomic mass is 16.6. The fourth-order valence-corrected chi connectivity index (χ4v) is 3.35. The average molecular weight is 389 g/mol. The van der Waals surface area contributed by atoms with Crippen LogP contribution in [0.1, 0.15) is 17.5 Å². The van der Waals surface area contributed by atoms with Gasteiger partial charge in [-0.15, -0.1) is 0 Å². The lowest BCUT2D eigenvalue weighted by molar-refractivity contribution is -0.0555. The molecule has 28 heavy (non-hydrogen) atoms. The van der Waals surface area contributed by atoms with Gasteiger partial charge in [-0.2, -0.15) is 0 Å². The fraction of sp³-hybridized carbons (Fsp3) is 0.389. The molecule has 1 aromatic carbocycles. The van der Waals surface area contributed by atoms with Gasteiger partial charge in [-0.05, 0) is 19.1 Å². The molecule has 1 aliphatic rings. The van der Waals surface area contributed by atoms with Crippen molar-refractivity contribution in [2.75, 3.05) is 6.61 Å². The van der Waals surface area contributed by atoms with E-state index in [1.54, 1.807) is 6.07 Å². The second kappa shape index (κ2) is 6.99. The quantitative estimate of drug-likeness (QED) is 0.523. The Morgan fingerprint density at radius 1 is 1.18 bits per heavy atom. The van der Waals surface area contributed by atoms with Crippen molar-refractivity contribution >= 4 is 11.0 Å². The molecular formula is C18H19N3O7. The zero-order valence-electron chi connectivity index (χ0n) is 14.9. The predicted molar refractivity (Wildman–Crippen MR) is 95.8 cm³/mol. The molecule has 0 unspecified atom stereocenters. The van der Waals surface area contributed by atoms with Crippen molar-refractivity contribution < 1.29 is 24.6 Å². The van der Waals surface area contributed by atoms with E-state index in [0.717, 1.165) is 20.8 Å². The van der Waals surface area contributed by atoms with Crippen molar-refractivity contribution in [1.82, 2.24) is 14.3 Å². The van der Waals surface area contributed by atoms with E-state index in [9.17, 15) is 24.9 Å². The Labute approximate surface area is 157 Å². The van der Waals surface area contributed by atoms with Gasteiger partial charge in [0.1, 0.15) is 24.0 Å². The maximum Gasteiger partial charge on any atom is 0.333 e. The summed E-state index contributed by atoms with van der Waals surface area (Å²) in [6, 6.07) is 6.62. The van der Waals surface area contributed by atoms with E-state index in [1.165, 1.54) is 6.20 Å². The molecule has 1 aliphatic heterocycles. The maximum atomic E-state index is 12.9. The molecule has 1 saturated heterocycles. The molecule has 4 rings (SSSR count). The van der Waals surface area contributed by atoms with Crippen LogP contribution in [0.3, 0.4) is 0 Å². The number of nitrogens with zero attached hydrogens (tertiary/aromatic N) is 3. The molecule has 10 heteroatoms. The monoisotopic (exact) mass is 389 g/mol. The zero-order chi connectivity index (χ0) is 20.0. The minimum Gasteiger partial charge on any atom is -0.394 e. The topological polar surface area (TPSA) is 140 Å². The van der Waals surface area contributed by atoms with Crippen LogP contribution in [0.15, 0.2) is 44.6 Å². The van der Waals surface area contributed by atoms with Crippen LogP contribution in [0.4, 0.5) is 0 Å². The molecule has 0 bridgehead atoms. The number of hydrogen-bond acceptors (Lipinski definition) is 8. The van der Waals surface area contributed by atoms with Gasteiger partial charge in [-0.1, -0.05) is 16.8 Å². The Morgan fingerprint density at radius 2 is 1.96 bits per heavy atom. The lowest BCUT2D eigenvalue weighted by atomic mass is 10.1. The molecule has 0 spiro atoms. The molecule has 0 aliphatic carbocycles. The van der Waals surface area contributed by atoms with Crippen molar-refractivity contribution in [3.05, 3.63) is 62.6 Å². The first kappa shape index (κ1) is 18.6. The van der Waals surface area contributed by atoms with Crippen LogP contribution in [-0.2, 0) is 11.3 Å². The lowest BCUT2D eigenvalue weighted by Gasteiger charge is -2.18. The summed E-state index contributed by atoms with van der Waals surface area (Å²) in [7, 11) is 0. The van der Waals surface area contributed by atoms with E-state index in [1.807, 2.05) is 19.1 Å². The van der Waals surface area contributed by atoms with Crippen LogP contribution >= 0.6 is 0 Å². The summed E-state index contributed by atoms with van der Waals surface area (Å²) in [5, 5.41) is 33.9. The standard InChI is InChI=1S/C18H19N3O7/c1-9-2-3-12-10(6-9)11(19-28-12)7-21-14(23)4-5-20(18(21)26)17-16(25)15(24)13(8-22)27-17/h2-6,13,15-17,22,24-25H,7-8H2,1H3/t13-,15+,16+,17-/m1/s1. The normalized spacial score (nSPS) is 24.9. The van der Waals surface area contributed by atoms with E-state index in [2.05, 4.69) is 5.16 Å². The number of fused-ring (bicyclic) bond motifs is 1. The maximum absolute atomic E-state index is 12.9. The summed E-state index contributed by atoms with van der Waals surface area (Å²) >= 11 is 0. The van der Waals surface area contributed by atoms with Crippen LogP contribution in [0.2, 0.25) is 0 Å². The van der Waals surface area contributed by atoms with Gasteiger partial charge in [-0.25, -0.2) is 4.79 Å². The van der Waals surface area contributed by atoms with Crippen molar-refractivity contribution in [2.24, 2.45) is 0 Å². The molecule has 4 atom stereocenters. The van der Waals surface area contributed by atoms with Crippen molar-refractivity contribution in [1.29, 1.82) is 0 Å². The van der Waals surface area contributed by atoms with Crippen LogP contribution in [-0.4, -0.2) is 54.5 Å². The van der Waals surface area contributed by atoms with Crippen LogP contribution in [0.25, 0.3) is 11.0 Å². The first-order valence-corrected chi connectivity index (χ1v) is 8.70. The molecular weight excluding hydrogens is 370 g/mol. The van der Waals surface area contributed by atoms with Gasteiger partial charge in [-0.3, -0.25) is 13.9 Å². The second-order valence-electron chi connectivity index (χ2n) is 6.79. The van der Waals surface area contributed by atoms with Crippen LogP contribution in [0, 0.1) is 6.92 Å². The number of aliphatic hydroxyl groups is 3. The number of rotatable bonds is 4. The fourth-order valence-electron chi connectivity index (χ4n) is 3.35. The molecule has 0 radical (unpaired) electrons. The predicted octanol–water partition coefficient (Wildman–Crippen LogP) is -0.881. The molecule has 3 heterocycles. The largest absolute Gasteiger partial charge is 0.394 e. The van der Waals surface area contributed by atoms with E-state index in [0.29, 0.717) is 16.7 Å². The Balaban J connectivity index is 1.74. The van der Waals surface area contributed by atoms with E-state index >= 15 is 0 Å². The second-order valence-corrected chi connectivity index (χ2v) is 6.79. The Kier molecular flexibility index (Phi) is 4.63. The highest BCUT2D eigenvalue weighted by Gasteiger charge is 2.43. The Hall–Kier alpha value is -2.79. The van der Waals surface area contributed by atoms with Gasteiger partial charge in [0.05, 0.1) is 13.2 Å². The van der Waals surface area contributed by atoms with Gasteiger partial charge in [0.15, 0.2) is 11.8 Å². The first-order chi connectivity index (χ1) is 13.4. The molecule has 1 fully saturated rings. The van der Waals surface area contributed by atoms with Crippen LogP contribution < -0.4 is 11.2 Å². The molecule has 148 valence electrons.